The smallest absolute Gasteiger partial charge is 0.321 e. The summed E-state index contributed by atoms with van der Waals surface area (Å²) in [7, 11) is 0. The highest BCUT2D eigenvalue weighted by Gasteiger charge is 2.10. The fourth-order valence-corrected chi connectivity index (χ4v) is 2.21. The summed E-state index contributed by atoms with van der Waals surface area (Å²) in [6, 6.07) is -0.309. The molecule has 0 fully saturated rings. The second kappa shape index (κ2) is 7.08. The van der Waals surface area contributed by atoms with E-state index < -0.39 is 5.97 Å². The van der Waals surface area contributed by atoms with Gasteiger partial charge in [-0.1, -0.05) is 6.92 Å². The number of hydrogen-bond donors (Lipinski definition) is 3. The maximum atomic E-state index is 11.5. The van der Waals surface area contributed by atoms with Crippen LogP contribution in [0, 0.1) is 19.8 Å². The number of amides is 2. The molecule has 106 valence electrons. The molecule has 1 aromatic heterocycles. The number of nitrogens with zero attached hydrogens (tertiary/aromatic N) is 1. The lowest BCUT2D eigenvalue weighted by Gasteiger charge is -2.07. The number of thiazole rings is 1. The van der Waals surface area contributed by atoms with Crippen molar-refractivity contribution >= 4 is 28.5 Å². The summed E-state index contributed by atoms with van der Waals surface area (Å²) in [5.41, 5.74) is 0.913. The van der Waals surface area contributed by atoms with Gasteiger partial charge in [0.1, 0.15) is 0 Å². The highest BCUT2D eigenvalue weighted by atomic mass is 32.1. The van der Waals surface area contributed by atoms with Crippen molar-refractivity contribution in [1.29, 1.82) is 0 Å². The largest absolute Gasteiger partial charge is 0.481 e. The summed E-state index contributed by atoms with van der Waals surface area (Å²) in [5, 5.41) is 14.6. The van der Waals surface area contributed by atoms with Gasteiger partial charge in [0.2, 0.25) is 0 Å². The highest BCUT2D eigenvalue weighted by Crippen LogP contribution is 2.20. The standard InChI is InChI=1S/C12H19N3O3S/c1-7(10(16)17)5-4-6-13-11(18)15-12-14-8(2)9(3)19-12/h7H,4-6H2,1-3H3,(H,16,17)(H2,13,14,15,18). The summed E-state index contributed by atoms with van der Waals surface area (Å²) < 4.78 is 0. The third-order valence-electron chi connectivity index (χ3n) is 2.77. The molecule has 0 aliphatic heterocycles. The topological polar surface area (TPSA) is 91.3 Å². The maximum Gasteiger partial charge on any atom is 0.321 e. The van der Waals surface area contributed by atoms with Gasteiger partial charge < -0.3 is 10.4 Å². The molecule has 19 heavy (non-hydrogen) atoms. The molecule has 1 rings (SSSR count). The van der Waals surface area contributed by atoms with E-state index in [0.717, 1.165) is 10.6 Å². The fourth-order valence-electron chi connectivity index (χ4n) is 1.40. The Bertz CT molecular complexity index is 440. The Balaban J connectivity index is 2.23. The molecule has 2 amide bonds. The predicted octanol–water partition coefficient (Wildman–Crippen LogP) is 2.38. The van der Waals surface area contributed by atoms with Crippen molar-refractivity contribution in [3.05, 3.63) is 10.6 Å². The Morgan fingerprint density at radius 2 is 2.11 bits per heavy atom. The van der Waals surface area contributed by atoms with Crippen LogP contribution in [0.4, 0.5) is 9.93 Å². The van der Waals surface area contributed by atoms with Gasteiger partial charge in [0, 0.05) is 11.4 Å². The molecule has 0 aliphatic carbocycles. The van der Waals surface area contributed by atoms with Crippen molar-refractivity contribution in [2.45, 2.75) is 33.6 Å². The molecule has 0 aromatic carbocycles. The maximum absolute atomic E-state index is 11.5. The summed E-state index contributed by atoms with van der Waals surface area (Å²) >= 11 is 1.43. The van der Waals surface area contributed by atoms with Crippen LogP contribution in [0.25, 0.3) is 0 Å². The molecule has 7 heteroatoms. The minimum atomic E-state index is -0.807. The molecular weight excluding hydrogens is 266 g/mol. The number of carbonyl (C=O) groups is 2. The number of anilines is 1. The van der Waals surface area contributed by atoms with Crippen LogP contribution in [0.15, 0.2) is 0 Å². The van der Waals surface area contributed by atoms with E-state index in [0.29, 0.717) is 24.5 Å². The van der Waals surface area contributed by atoms with E-state index >= 15 is 0 Å². The van der Waals surface area contributed by atoms with E-state index in [9.17, 15) is 9.59 Å². The predicted molar refractivity (Wildman–Crippen MR) is 74.6 cm³/mol. The van der Waals surface area contributed by atoms with E-state index in [1.807, 2.05) is 13.8 Å². The number of hydrogen-bond acceptors (Lipinski definition) is 4. The molecule has 0 radical (unpaired) electrons. The summed E-state index contributed by atoms with van der Waals surface area (Å²) in [6.07, 6.45) is 1.18. The van der Waals surface area contributed by atoms with Gasteiger partial charge in [-0.25, -0.2) is 9.78 Å². The normalized spacial score (nSPS) is 11.9. The lowest BCUT2D eigenvalue weighted by atomic mass is 10.1. The van der Waals surface area contributed by atoms with Gasteiger partial charge in [0.05, 0.1) is 11.6 Å². The number of aliphatic carboxylic acids is 1. The average molecular weight is 285 g/mol. The van der Waals surface area contributed by atoms with E-state index in [-0.39, 0.29) is 11.9 Å². The van der Waals surface area contributed by atoms with Gasteiger partial charge in [-0.15, -0.1) is 11.3 Å². The second-order valence-electron chi connectivity index (χ2n) is 4.42. The molecular formula is C12H19N3O3S. The molecule has 1 unspecified atom stereocenters. The first-order chi connectivity index (χ1) is 8.90. The Hall–Kier alpha value is -1.63. The first-order valence-corrected chi connectivity index (χ1v) is 6.93. The molecule has 1 aromatic rings. The SMILES string of the molecule is Cc1nc(NC(=O)NCCCC(C)C(=O)O)sc1C. The van der Waals surface area contributed by atoms with Gasteiger partial charge in [-0.05, 0) is 26.7 Å². The lowest BCUT2D eigenvalue weighted by molar-refractivity contribution is -0.141. The van der Waals surface area contributed by atoms with Gasteiger partial charge in [-0.2, -0.15) is 0 Å². The fraction of sp³-hybridized carbons (Fsp3) is 0.583. The molecule has 1 atom stereocenters. The van der Waals surface area contributed by atoms with Crippen molar-refractivity contribution in [2.24, 2.45) is 5.92 Å². The average Bonchev–Trinajstić information content (AvgIpc) is 2.63. The molecule has 0 aliphatic rings. The first kappa shape index (κ1) is 15.4. The minimum Gasteiger partial charge on any atom is -0.481 e. The second-order valence-corrected chi connectivity index (χ2v) is 5.63. The Morgan fingerprint density at radius 3 is 2.63 bits per heavy atom. The molecule has 0 saturated carbocycles. The van der Waals surface area contributed by atoms with Gasteiger partial charge in [0.25, 0.3) is 0 Å². The van der Waals surface area contributed by atoms with Crippen LogP contribution < -0.4 is 10.6 Å². The first-order valence-electron chi connectivity index (χ1n) is 6.12. The molecule has 3 N–H and O–H groups in total. The number of aromatic nitrogens is 1. The van der Waals surface area contributed by atoms with Crippen molar-refractivity contribution in [3.63, 3.8) is 0 Å². The Morgan fingerprint density at radius 1 is 1.42 bits per heavy atom. The zero-order valence-electron chi connectivity index (χ0n) is 11.3. The van der Waals surface area contributed by atoms with Crippen LogP contribution >= 0.6 is 11.3 Å². The van der Waals surface area contributed by atoms with Crippen LogP contribution in [-0.2, 0) is 4.79 Å². The Labute approximate surface area is 116 Å². The number of rotatable bonds is 6. The third kappa shape index (κ3) is 5.25. The van der Waals surface area contributed by atoms with E-state index in [2.05, 4.69) is 15.6 Å². The zero-order valence-corrected chi connectivity index (χ0v) is 12.1. The molecule has 0 bridgehead atoms. The van der Waals surface area contributed by atoms with Crippen LogP contribution in [-0.4, -0.2) is 28.6 Å². The van der Waals surface area contributed by atoms with Gasteiger partial charge in [0.15, 0.2) is 5.13 Å². The van der Waals surface area contributed by atoms with Crippen LogP contribution in [0.1, 0.15) is 30.3 Å². The molecule has 0 saturated heterocycles. The number of carboxylic acids is 1. The zero-order chi connectivity index (χ0) is 14.4. The quantitative estimate of drug-likeness (QED) is 0.700. The van der Waals surface area contributed by atoms with Crippen molar-refractivity contribution in [2.75, 3.05) is 11.9 Å². The monoisotopic (exact) mass is 285 g/mol. The number of urea groups is 1. The van der Waals surface area contributed by atoms with E-state index in [4.69, 9.17) is 5.11 Å². The van der Waals surface area contributed by atoms with Crippen molar-refractivity contribution in [3.8, 4) is 0 Å². The number of aryl methyl sites for hydroxylation is 2. The van der Waals surface area contributed by atoms with Gasteiger partial charge >= 0.3 is 12.0 Å². The lowest BCUT2D eigenvalue weighted by Crippen LogP contribution is -2.29. The number of carboxylic acid groups (broad SMARTS) is 1. The highest BCUT2D eigenvalue weighted by molar-refractivity contribution is 7.15. The minimum absolute atomic E-state index is 0.309. The molecule has 0 spiro atoms. The van der Waals surface area contributed by atoms with Crippen LogP contribution in [0.5, 0.6) is 0 Å². The van der Waals surface area contributed by atoms with Gasteiger partial charge in [-0.3, -0.25) is 10.1 Å². The van der Waals surface area contributed by atoms with Crippen molar-refractivity contribution < 1.29 is 14.7 Å². The molecule has 1 heterocycles. The van der Waals surface area contributed by atoms with Crippen LogP contribution in [0.2, 0.25) is 0 Å². The summed E-state index contributed by atoms with van der Waals surface area (Å²) in [5.74, 6) is -1.19. The van der Waals surface area contributed by atoms with Crippen LogP contribution in [0.3, 0.4) is 0 Å². The number of nitrogens with one attached hydrogen (secondary N) is 2. The third-order valence-corrected chi connectivity index (χ3v) is 3.76. The summed E-state index contributed by atoms with van der Waals surface area (Å²) in [6.45, 7) is 5.95. The van der Waals surface area contributed by atoms with Crippen molar-refractivity contribution in [1.82, 2.24) is 10.3 Å². The van der Waals surface area contributed by atoms with E-state index in [1.165, 1.54) is 11.3 Å². The molecule has 6 nitrogen and oxygen atoms in total. The number of carbonyl (C=O) groups excluding carboxylic acids is 1. The Kier molecular flexibility index (Phi) is 5.75. The summed E-state index contributed by atoms with van der Waals surface area (Å²) in [4.78, 5) is 27.4. The van der Waals surface area contributed by atoms with E-state index in [1.54, 1.807) is 6.92 Å².